The van der Waals surface area contributed by atoms with Crippen molar-refractivity contribution < 1.29 is 9.53 Å². The van der Waals surface area contributed by atoms with E-state index >= 15 is 0 Å². The Morgan fingerprint density at radius 1 is 1.09 bits per heavy atom. The van der Waals surface area contributed by atoms with Crippen LogP contribution in [0.2, 0.25) is 0 Å². The summed E-state index contributed by atoms with van der Waals surface area (Å²) < 4.78 is 7.06. The van der Waals surface area contributed by atoms with Gasteiger partial charge in [0.1, 0.15) is 5.75 Å². The minimum atomic E-state index is -0.105. The highest BCUT2D eigenvalue weighted by Crippen LogP contribution is 2.35. The summed E-state index contributed by atoms with van der Waals surface area (Å²) >= 11 is 0. The van der Waals surface area contributed by atoms with Crippen molar-refractivity contribution in [2.45, 2.75) is 25.4 Å². The average Bonchev–Trinajstić information content (AvgIpc) is 3.43. The van der Waals surface area contributed by atoms with Gasteiger partial charge in [-0.2, -0.15) is 0 Å². The zero-order valence-corrected chi connectivity index (χ0v) is 18.1. The summed E-state index contributed by atoms with van der Waals surface area (Å²) in [6.07, 6.45) is 4.25. The van der Waals surface area contributed by atoms with Crippen LogP contribution in [0.15, 0.2) is 59.7 Å². The van der Waals surface area contributed by atoms with Crippen molar-refractivity contribution in [2.75, 3.05) is 24.6 Å². The third kappa shape index (κ3) is 3.51. The highest BCUT2D eigenvalue weighted by Gasteiger charge is 2.46. The van der Waals surface area contributed by atoms with Gasteiger partial charge in [-0.15, -0.1) is 0 Å². The summed E-state index contributed by atoms with van der Waals surface area (Å²) in [5.74, 6) is 1.44. The quantitative estimate of drug-likeness (QED) is 0.617. The Morgan fingerprint density at radius 3 is 2.50 bits per heavy atom. The topological polar surface area (TPSA) is 80.6 Å². The van der Waals surface area contributed by atoms with E-state index in [-0.39, 0.29) is 23.6 Å². The number of anilines is 1. The van der Waals surface area contributed by atoms with Crippen molar-refractivity contribution >= 4 is 11.9 Å². The number of fused-ring (bicyclic) bond motifs is 2. The standard InChI is InChI=1S/C24H25N5O3/c1-3-32-20-6-4-17(5-7-20)23(31)28-14-19-12-18(28)15-29(19)24-26-21(13-22(30)27(24)2)16-8-10-25-11-9-16/h4-11,13,18-19H,3,12,14-15H2,1-2H3/t18?,19-/m0/s1. The number of benzene rings is 1. The van der Waals surface area contributed by atoms with E-state index in [1.54, 1.807) is 30.1 Å². The molecule has 5 rings (SSSR count). The van der Waals surface area contributed by atoms with Crippen molar-refractivity contribution in [3.63, 3.8) is 0 Å². The molecule has 2 aliphatic rings. The monoisotopic (exact) mass is 431 g/mol. The van der Waals surface area contributed by atoms with Gasteiger partial charge in [-0.3, -0.25) is 19.1 Å². The van der Waals surface area contributed by atoms with Crippen molar-refractivity contribution in [1.29, 1.82) is 0 Å². The zero-order valence-electron chi connectivity index (χ0n) is 18.1. The molecular formula is C24H25N5O3. The van der Waals surface area contributed by atoms with E-state index in [2.05, 4.69) is 9.88 Å². The molecule has 4 heterocycles. The molecule has 1 unspecified atom stereocenters. The summed E-state index contributed by atoms with van der Waals surface area (Å²) in [5.41, 5.74) is 2.05. The van der Waals surface area contributed by atoms with Gasteiger partial charge in [0.05, 0.1) is 24.4 Å². The largest absolute Gasteiger partial charge is 0.494 e. The third-order valence-corrected chi connectivity index (χ3v) is 6.26. The summed E-state index contributed by atoms with van der Waals surface area (Å²) in [5, 5.41) is 0. The van der Waals surface area contributed by atoms with E-state index in [9.17, 15) is 9.59 Å². The van der Waals surface area contributed by atoms with E-state index in [1.165, 1.54) is 0 Å². The minimum Gasteiger partial charge on any atom is -0.494 e. The summed E-state index contributed by atoms with van der Waals surface area (Å²) in [6.45, 7) is 3.81. The van der Waals surface area contributed by atoms with Gasteiger partial charge < -0.3 is 14.5 Å². The lowest BCUT2D eigenvalue weighted by molar-refractivity contribution is 0.0725. The number of pyridine rings is 1. The molecule has 32 heavy (non-hydrogen) atoms. The van der Waals surface area contributed by atoms with Gasteiger partial charge in [-0.05, 0) is 49.7 Å². The second kappa shape index (κ2) is 8.11. The normalized spacial score (nSPS) is 19.4. The SMILES string of the molecule is CCOc1ccc(C(=O)N2C[C@@H]3CC2CN3c2nc(-c3ccncc3)cc(=O)n2C)cc1. The first-order chi connectivity index (χ1) is 15.5. The number of carbonyl (C=O) groups is 1. The molecular weight excluding hydrogens is 406 g/mol. The molecule has 0 saturated carbocycles. The van der Waals surface area contributed by atoms with Gasteiger partial charge in [0.25, 0.3) is 11.5 Å². The van der Waals surface area contributed by atoms with E-state index in [4.69, 9.17) is 9.72 Å². The summed E-state index contributed by atoms with van der Waals surface area (Å²) in [7, 11) is 1.75. The molecule has 0 spiro atoms. The fourth-order valence-corrected chi connectivity index (χ4v) is 4.64. The molecule has 1 aromatic carbocycles. The molecule has 164 valence electrons. The van der Waals surface area contributed by atoms with E-state index < -0.39 is 0 Å². The van der Waals surface area contributed by atoms with Crippen LogP contribution in [0.5, 0.6) is 5.75 Å². The second-order valence-corrected chi connectivity index (χ2v) is 8.19. The molecule has 8 heteroatoms. The Kier molecular flexibility index (Phi) is 5.13. The lowest BCUT2D eigenvalue weighted by atomic mass is 10.1. The molecule has 0 N–H and O–H groups in total. The molecule has 3 aromatic rings. The van der Waals surface area contributed by atoms with Crippen LogP contribution in [0.3, 0.4) is 0 Å². The Labute approximate surface area is 186 Å². The molecule has 2 aromatic heterocycles. The summed E-state index contributed by atoms with van der Waals surface area (Å²) in [6, 6.07) is 12.8. The van der Waals surface area contributed by atoms with Crippen molar-refractivity contribution in [3.05, 3.63) is 70.8 Å². The van der Waals surface area contributed by atoms with Gasteiger partial charge in [0.2, 0.25) is 5.95 Å². The number of aromatic nitrogens is 3. The van der Waals surface area contributed by atoms with E-state index in [0.29, 0.717) is 36.9 Å². The number of rotatable bonds is 5. The molecule has 2 saturated heterocycles. The highest BCUT2D eigenvalue weighted by molar-refractivity contribution is 5.95. The first kappa shape index (κ1) is 20.2. The third-order valence-electron chi connectivity index (χ3n) is 6.26. The van der Waals surface area contributed by atoms with Gasteiger partial charge in [-0.25, -0.2) is 4.98 Å². The number of nitrogens with zero attached hydrogens (tertiary/aromatic N) is 5. The minimum absolute atomic E-state index is 0.0348. The van der Waals surface area contributed by atoms with Crippen LogP contribution in [0.25, 0.3) is 11.3 Å². The lowest BCUT2D eigenvalue weighted by Gasteiger charge is -2.35. The van der Waals surface area contributed by atoms with Gasteiger partial charge in [-0.1, -0.05) is 0 Å². The Balaban J connectivity index is 1.36. The number of carbonyl (C=O) groups excluding carboxylic acids is 1. The zero-order chi connectivity index (χ0) is 22.2. The maximum absolute atomic E-state index is 13.1. The average molecular weight is 431 g/mol. The van der Waals surface area contributed by atoms with Crippen LogP contribution in [0, 0.1) is 0 Å². The molecule has 1 amide bonds. The molecule has 0 aliphatic carbocycles. The van der Waals surface area contributed by atoms with Crippen LogP contribution < -0.4 is 15.2 Å². The molecule has 2 atom stereocenters. The molecule has 2 bridgehead atoms. The smallest absolute Gasteiger partial charge is 0.255 e. The second-order valence-electron chi connectivity index (χ2n) is 8.19. The van der Waals surface area contributed by atoms with Crippen molar-refractivity contribution in [1.82, 2.24) is 19.4 Å². The maximum atomic E-state index is 13.1. The van der Waals surface area contributed by atoms with Crippen LogP contribution in [-0.2, 0) is 7.05 Å². The first-order valence-electron chi connectivity index (χ1n) is 10.8. The van der Waals surface area contributed by atoms with Crippen molar-refractivity contribution in [2.24, 2.45) is 7.05 Å². The lowest BCUT2D eigenvalue weighted by Crippen LogP contribution is -2.50. The highest BCUT2D eigenvalue weighted by atomic mass is 16.5. The van der Waals surface area contributed by atoms with Crippen LogP contribution in [0.4, 0.5) is 5.95 Å². The number of likely N-dealkylation sites (tertiary alicyclic amines) is 1. The van der Waals surface area contributed by atoms with Gasteiger partial charge >= 0.3 is 0 Å². The Bertz CT molecular complexity index is 1190. The van der Waals surface area contributed by atoms with Crippen LogP contribution in [-0.4, -0.2) is 57.1 Å². The molecule has 2 aliphatic heterocycles. The number of hydrogen-bond acceptors (Lipinski definition) is 6. The first-order valence-corrected chi connectivity index (χ1v) is 10.8. The Hall–Kier alpha value is -3.68. The predicted octanol–water partition coefficient (Wildman–Crippen LogP) is 2.34. The Morgan fingerprint density at radius 2 is 1.84 bits per heavy atom. The van der Waals surface area contributed by atoms with Crippen molar-refractivity contribution in [3.8, 4) is 17.0 Å². The number of ether oxygens (including phenoxy) is 1. The number of piperazine rings is 1. The summed E-state index contributed by atoms with van der Waals surface area (Å²) in [4.78, 5) is 38.7. The van der Waals surface area contributed by atoms with E-state index in [1.807, 2.05) is 48.2 Å². The molecule has 0 radical (unpaired) electrons. The molecule has 8 nitrogen and oxygen atoms in total. The van der Waals surface area contributed by atoms with Gasteiger partial charge in [0, 0.05) is 49.7 Å². The van der Waals surface area contributed by atoms with Crippen LogP contribution >= 0.6 is 0 Å². The van der Waals surface area contributed by atoms with E-state index in [0.717, 1.165) is 17.7 Å². The van der Waals surface area contributed by atoms with Gasteiger partial charge in [0.15, 0.2) is 0 Å². The number of hydrogen-bond donors (Lipinski definition) is 0. The fourth-order valence-electron chi connectivity index (χ4n) is 4.64. The van der Waals surface area contributed by atoms with Crippen LogP contribution in [0.1, 0.15) is 23.7 Å². The predicted molar refractivity (Wildman–Crippen MR) is 121 cm³/mol. The fraction of sp³-hybridized carbons (Fsp3) is 0.333. The number of amides is 1. The molecule has 2 fully saturated rings. The maximum Gasteiger partial charge on any atom is 0.255 e.